The summed E-state index contributed by atoms with van der Waals surface area (Å²) in [6, 6.07) is 12.5. The molecular formula is C18H15ClN2O3. The Balaban J connectivity index is 1.85. The summed E-state index contributed by atoms with van der Waals surface area (Å²) < 4.78 is 10.5. The van der Waals surface area contributed by atoms with Crippen molar-refractivity contribution in [1.82, 2.24) is 4.98 Å². The lowest BCUT2D eigenvalue weighted by Crippen LogP contribution is -2.13. The lowest BCUT2D eigenvalue weighted by atomic mass is 10.1. The molecule has 0 atom stereocenters. The molecule has 122 valence electrons. The van der Waals surface area contributed by atoms with Crippen molar-refractivity contribution in [1.29, 1.82) is 0 Å². The third-order valence-corrected chi connectivity index (χ3v) is 3.97. The fraction of sp³-hybridized carbons (Fsp3) is 0.111. The molecule has 3 rings (SSSR count). The molecule has 0 aliphatic heterocycles. The van der Waals surface area contributed by atoms with E-state index in [1.807, 2.05) is 13.0 Å². The molecule has 6 heteroatoms. The molecule has 0 aliphatic rings. The predicted molar refractivity (Wildman–Crippen MR) is 92.6 cm³/mol. The summed E-state index contributed by atoms with van der Waals surface area (Å²) in [4.78, 5) is 16.5. The number of nitrogens with one attached hydrogen (secondary N) is 1. The van der Waals surface area contributed by atoms with Crippen LogP contribution in [0.2, 0.25) is 5.02 Å². The average molecular weight is 343 g/mol. The van der Waals surface area contributed by atoms with Crippen LogP contribution in [0.4, 0.5) is 5.69 Å². The van der Waals surface area contributed by atoms with Gasteiger partial charge in [-0.2, -0.15) is 0 Å². The summed E-state index contributed by atoms with van der Waals surface area (Å²) in [5.41, 5.74) is 2.48. The second-order valence-electron chi connectivity index (χ2n) is 5.18. The second-order valence-corrected chi connectivity index (χ2v) is 5.58. The highest BCUT2D eigenvalue weighted by atomic mass is 35.5. The van der Waals surface area contributed by atoms with Gasteiger partial charge in [-0.15, -0.1) is 0 Å². The number of anilines is 1. The topological polar surface area (TPSA) is 64.4 Å². The molecule has 0 radical (unpaired) electrons. The van der Waals surface area contributed by atoms with E-state index >= 15 is 0 Å². The summed E-state index contributed by atoms with van der Waals surface area (Å²) >= 11 is 6.08. The number of benzene rings is 2. The fourth-order valence-electron chi connectivity index (χ4n) is 2.22. The monoisotopic (exact) mass is 342 g/mol. The Hall–Kier alpha value is -2.79. The van der Waals surface area contributed by atoms with Crippen LogP contribution in [0.25, 0.3) is 11.3 Å². The smallest absolute Gasteiger partial charge is 0.278 e. The number of hydrogen-bond acceptors (Lipinski definition) is 4. The third kappa shape index (κ3) is 3.26. The first-order valence-corrected chi connectivity index (χ1v) is 7.61. The Kier molecular flexibility index (Phi) is 4.53. The molecule has 2 aromatic carbocycles. The summed E-state index contributed by atoms with van der Waals surface area (Å²) in [5.74, 6) is 0.751. The van der Waals surface area contributed by atoms with E-state index in [9.17, 15) is 4.79 Å². The highest BCUT2D eigenvalue weighted by Gasteiger charge is 2.18. The molecule has 3 aromatic rings. The quantitative estimate of drug-likeness (QED) is 0.754. The fourth-order valence-corrected chi connectivity index (χ4v) is 2.40. The number of halogens is 1. The number of aryl methyl sites for hydroxylation is 1. The highest BCUT2D eigenvalue weighted by Crippen LogP contribution is 2.26. The molecular weight excluding hydrogens is 328 g/mol. The molecule has 0 spiro atoms. The molecule has 5 nitrogen and oxygen atoms in total. The van der Waals surface area contributed by atoms with Crippen molar-refractivity contribution in [2.45, 2.75) is 6.92 Å². The van der Waals surface area contributed by atoms with Crippen LogP contribution in [0.1, 0.15) is 16.1 Å². The van der Waals surface area contributed by atoms with Gasteiger partial charge >= 0.3 is 0 Å². The highest BCUT2D eigenvalue weighted by molar-refractivity contribution is 6.31. The van der Waals surface area contributed by atoms with Gasteiger partial charge in [-0.05, 0) is 48.9 Å². The van der Waals surface area contributed by atoms with E-state index in [1.54, 1.807) is 43.5 Å². The van der Waals surface area contributed by atoms with Crippen molar-refractivity contribution in [3.63, 3.8) is 0 Å². The standard InChI is InChI=1S/C18H15ClN2O3/c1-11-3-6-13(9-15(11)19)21-18(22)16-17(24-10-20-16)12-4-7-14(23-2)8-5-12/h3-10H,1-2H3,(H,21,22). The minimum absolute atomic E-state index is 0.205. The molecule has 0 unspecified atom stereocenters. The van der Waals surface area contributed by atoms with Gasteiger partial charge in [0.25, 0.3) is 5.91 Å². The maximum Gasteiger partial charge on any atom is 0.278 e. The van der Waals surface area contributed by atoms with Crippen molar-refractivity contribution in [2.24, 2.45) is 0 Å². The Labute approximate surface area is 144 Å². The van der Waals surface area contributed by atoms with Gasteiger partial charge in [0, 0.05) is 16.3 Å². The van der Waals surface area contributed by atoms with Crippen molar-refractivity contribution >= 4 is 23.2 Å². The normalized spacial score (nSPS) is 10.5. The number of methoxy groups -OCH3 is 1. The predicted octanol–water partition coefficient (Wildman–Crippen LogP) is 4.56. The number of rotatable bonds is 4. The molecule has 1 N–H and O–H groups in total. The van der Waals surface area contributed by atoms with E-state index in [1.165, 1.54) is 6.39 Å². The first kappa shape index (κ1) is 16.1. The van der Waals surface area contributed by atoms with Gasteiger partial charge in [-0.3, -0.25) is 4.79 Å². The first-order valence-electron chi connectivity index (χ1n) is 7.24. The zero-order chi connectivity index (χ0) is 17.1. The number of ether oxygens (including phenoxy) is 1. The number of aromatic nitrogens is 1. The Morgan fingerprint density at radius 1 is 1.21 bits per heavy atom. The average Bonchev–Trinajstić information content (AvgIpc) is 3.08. The molecule has 0 bridgehead atoms. The van der Waals surface area contributed by atoms with Gasteiger partial charge in [0.1, 0.15) is 5.75 Å². The number of hydrogen-bond donors (Lipinski definition) is 1. The van der Waals surface area contributed by atoms with Crippen LogP contribution in [0.3, 0.4) is 0 Å². The van der Waals surface area contributed by atoms with Crippen molar-refractivity contribution in [2.75, 3.05) is 12.4 Å². The number of nitrogens with zero attached hydrogens (tertiary/aromatic N) is 1. The lowest BCUT2D eigenvalue weighted by molar-refractivity contribution is 0.102. The van der Waals surface area contributed by atoms with E-state index < -0.39 is 0 Å². The van der Waals surface area contributed by atoms with Crippen LogP contribution in [0, 0.1) is 6.92 Å². The summed E-state index contributed by atoms with van der Waals surface area (Å²) in [6.45, 7) is 1.90. The van der Waals surface area contributed by atoms with Crippen molar-refractivity contribution in [3.05, 3.63) is 65.1 Å². The zero-order valence-corrected chi connectivity index (χ0v) is 13.9. The molecule has 1 heterocycles. The van der Waals surface area contributed by atoms with Crippen LogP contribution in [-0.4, -0.2) is 18.0 Å². The van der Waals surface area contributed by atoms with Gasteiger partial charge < -0.3 is 14.5 Å². The molecule has 0 aliphatic carbocycles. The number of oxazole rings is 1. The van der Waals surface area contributed by atoms with Gasteiger partial charge in [0.15, 0.2) is 17.8 Å². The number of amides is 1. The van der Waals surface area contributed by atoms with Crippen LogP contribution < -0.4 is 10.1 Å². The lowest BCUT2D eigenvalue weighted by Gasteiger charge is -2.07. The number of carbonyl (C=O) groups is 1. The summed E-state index contributed by atoms with van der Waals surface area (Å²) in [7, 11) is 1.59. The molecule has 24 heavy (non-hydrogen) atoms. The van der Waals surface area contributed by atoms with Crippen molar-refractivity contribution < 1.29 is 13.9 Å². The minimum atomic E-state index is -0.366. The maximum absolute atomic E-state index is 12.5. The van der Waals surface area contributed by atoms with Gasteiger partial charge in [0.2, 0.25) is 0 Å². The van der Waals surface area contributed by atoms with Gasteiger partial charge in [-0.1, -0.05) is 17.7 Å². The minimum Gasteiger partial charge on any atom is -0.497 e. The van der Waals surface area contributed by atoms with Crippen LogP contribution in [0.15, 0.2) is 53.3 Å². The maximum atomic E-state index is 12.5. The zero-order valence-electron chi connectivity index (χ0n) is 13.2. The van der Waals surface area contributed by atoms with E-state index in [0.717, 1.165) is 16.9 Å². The molecule has 1 amide bonds. The largest absolute Gasteiger partial charge is 0.497 e. The van der Waals surface area contributed by atoms with Crippen LogP contribution >= 0.6 is 11.6 Å². The summed E-state index contributed by atoms with van der Waals surface area (Å²) in [5, 5.41) is 3.36. The van der Waals surface area contributed by atoms with E-state index in [4.69, 9.17) is 20.8 Å². The van der Waals surface area contributed by atoms with Crippen LogP contribution in [-0.2, 0) is 0 Å². The third-order valence-electron chi connectivity index (χ3n) is 3.56. The van der Waals surface area contributed by atoms with E-state index in [-0.39, 0.29) is 11.6 Å². The molecule has 0 fully saturated rings. The molecule has 1 aromatic heterocycles. The van der Waals surface area contributed by atoms with Crippen molar-refractivity contribution in [3.8, 4) is 17.1 Å². The second kappa shape index (κ2) is 6.76. The first-order chi connectivity index (χ1) is 11.6. The SMILES string of the molecule is COc1ccc(-c2ocnc2C(=O)Nc2ccc(C)c(Cl)c2)cc1. The molecule has 0 saturated carbocycles. The van der Waals surface area contributed by atoms with E-state index in [0.29, 0.717) is 16.5 Å². The van der Waals surface area contributed by atoms with E-state index in [2.05, 4.69) is 10.3 Å². The number of carbonyl (C=O) groups excluding carboxylic acids is 1. The Morgan fingerprint density at radius 2 is 1.96 bits per heavy atom. The summed E-state index contributed by atoms with van der Waals surface area (Å²) in [6.07, 6.45) is 1.25. The van der Waals surface area contributed by atoms with Crippen LogP contribution in [0.5, 0.6) is 5.75 Å². The Bertz CT molecular complexity index is 872. The molecule has 0 saturated heterocycles. The van der Waals surface area contributed by atoms with Gasteiger partial charge in [0.05, 0.1) is 7.11 Å². The Morgan fingerprint density at radius 3 is 2.62 bits per heavy atom. The van der Waals surface area contributed by atoms with Gasteiger partial charge in [-0.25, -0.2) is 4.98 Å².